The number of hydrogen-bond donors (Lipinski definition) is 1. The molecule has 0 amide bonds. The van der Waals surface area contributed by atoms with E-state index < -0.39 is 10.0 Å². The van der Waals surface area contributed by atoms with Crippen molar-refractivity contribution in [2.75, 3.05) is 13.1 Å². The van der Waals surface area contributed by atoms with Gasteiger partial charge >= 0.3 is 0 Å². The molecule has 1 N–H and O–H groups in total. The number of alkyl halides is 1. The fourth-order valence-electron chi connectivity index (χ4n) is 2.10. The zero-order valence-corrected chi connectivity index (χ0v) is 11.3. The second-order valence-electron chi connectivity index (χ2n) is 4.28. The van der Waals surface area contributed by atoms with Gasteiger partial charge in [-0.15, -0.1) is 11.6 Å². The zero-order valence-electron chi connectivity index (χ0n) is 9.69. The molecular formula is C10H16ClN3O2S. The molecule has 1 atom stereocenters. The van der Waals surface area contributed by atoms with E-state index in [1.807, 2.05) is 0 Å². The van der Waals surface area contributed by atoms with Gasteiger partial charge in [0, 0.05) is 18.7 Å². The van der Waals surface area contributed by atoms with E-state index >= 15 is 0 Å². The Balaban J connectivity index is 2.26. The summed E-state index contributed by atoms with van der Waals surface area (Å²) in [7, 11) is -3.45. The predicted molar refractivity (Wildman–Crippen MR) is 65.3 cm³/mol. The van der Waals surface area contributed by atoms with Gasteiger partial charge in [-0.1, -0.05) is 13.3 Å². The molecule has 1 fully saturated rings. The topological polar surface area (TPSA) is 66.1 Å². The third kappa shape index (κ3) is 2.34. The number of nitrogens with one attached hydrogen (secondary N) is 1. The van der Waals surface area contributed by atoms with Gasteiger partial charge in [-0.2, -0.15) is 9.40 Å². The quantitative estimate of drug-likeness (QED) is 0.850. The van der Waals surface area contributed by atoms with Crippen LogP contribution in [0.2, 0.25) is 0 Å². The predicted octanol–water partition coefficient (Wildman–Crippen LogP) is 1.57. The largest absolute Gasteiger partial charge is 0.266 e. The molecule has 1 aromatic rings. The SMILES string of the molecule is CCC1CCN(S(=O)(=O)c2[nH]ncc2CCl)C1. The van der Waals surface area contributed by atoms with Gasteiger partial charge in [-0.25, -0.2) is 8.42 Å². The number of aromatic nitrogens is 2. The van der Waals surface area contributed by atoms with E-state index in [-0.39, 0.29) is 10.9 Å². The molecule has 96 valence electrons. The second-order valence-corrected chi connectivity index (χ2v) is 6.43. The van der Waals surface area contributed by atoms with Gasteiger partial charge in [0.05, 0.1) is 12.1 Å². The van der Waals surface area contributed by atoms with E-state index in [1.165, 1.54) is 10.5 Å². The van der Waals surface area contributed by atoms with Crippen LogP contribution in [-0.4, -0.2) is 36.0 Å². The van der Waals surface area contributed by atoms with Gasteiger partial charge in [0.25, 0.3) is 10.0 Å². The molecule has 1 aromatic heterocycles. The van der Waals surface area contributed by atoms with Crippen molar-refractivity contribution in [3.05, 3.63) is 11.8 Å². The minimum atomic E-state index is -3.45. The molecular weight excluding hydrogens is 262 g/mol. The number of sulfonamides is 1. The van der Waals surface area contributed by atoms with Crippen molar-refractivity contribution in [1.29, 1.82) is 0 Å². The second kappa shape index (κ2) is 4.96. The van der Waals surface area contributed by atoms with Crippen molar-refractivity contribution >= 4 is 21.6 Å². The minimum Gasteiger partial charge on any atom is -0.266 e. The Hall–Kier alpha value is -0.590. The summed E-state index contributed by atoms with van der Waals surface area (Å²) in [6, 6.07) is 0. The monoisotopic (exact) mass is 277 g/mol. The molecule has 2 heterocycles. The van der Waals surface area contributed by atoms with Gasteiger partial charge in [-0.05, 0) is 12.3 Å². The Kier molecular flexibility index (Phi) is 3.75. The average Bonchev–Trinajstić information content (AvgIpc) is 2.97. The zero-order chi connectivity index (χ0) is 12.5. The van der Waals surface area contributed by atoms with Crippen LogP contribution in [0.4, 0.5) is 0 Å². The van der Waals surface area contributed by atoms with Crippen LogP contribution in [-0.2, 0) is 15.9 Å². The summed E-state index contributed by atoms with van der Waals surface area (Å²) in [4.78, 5) is 0. The summed E-state index contributed by atoms with van der Waals surface area (Å²) >= 11 is 5.70. The normalized spacial score (nSPS) is 22.1. The van der Waals surface area contributed by atoms with E-state index in [9.17, 15) is 8.42 Å². The molecule has 1 saturated heterocycles. The van der Waals surface area contributed by atoms with E-state index in [2.05, 4.69) is 17.1 Å². The summed E-state index contributed by atoms with van der Waals surface area (Å²) in [5.74, 6) is 0.614. The number of hydrogen-bond acceptors (Lipinski definition) is 3. The van der Waals surface area contributed by atoms with Gasteiger partial charge in [0.1, 0.15) is 0 Å². The Morgan fingerprint density at radius 2 is 2.41 bits per heavy atom. The molecule has 0 saturated carbocycles. The Bertz CT molecular complexity index is 485. The molecule has 17 heavy (non-hydrogen) atoms. The van der Waals surface area contributed by atoms with Crippen LogP contribution in [0.25, 0.3) is 0 Å². The van der Waals surface area contributed by atoms with Gasteiger partial charge in [-0.3, -0.25) is 5.10 Å². The lowest BCUT2D eigenvalue weighted by Gasteiger charge is -2.15. The summed E-state index contributed by atoms with van der Waals surface area (Å²) in [5.41, 5.74) is 0.534. The van der Waals surface area contributed by atoms with Gasteiger partial charge < -0.3 is 0 Å². The van der Waals surface area contributed by atoms with Crippen LogP contribution in [0.5, 0.6) is 0 Å². The van der Waals surface area contributed by atoms with Crippen LogP contribution in [0.15, 0.2) is 11.2 Å². The average molecular weight is 278 g/mol. The molecule has 0 aliphatic carbocycles. The van der Waals surface area contributed by atoms with Crippen LogP contribution < -0.4 is 0 Å². The smallest absolute Gasteiger partial charge is 0.260 e. The lowest BCUT2D eigenvalue weighted by Crippen LogP contribution is -2.29. The van der Waals surface area contributed by atoms with Crippen molar-refractivity contribution in [1.82, 2.24) is 14.5 Å². The maximum atomic E-state index is 12.3. The molecule has 2 rings (SSSR count). The number of halogens is 1. The highest BCUT2D eigenvalue weighted by molar-refractivity contribution is 7.89. The van der Waals surface area contributed by atoms with Crippen LogP contribution in [0.3, 0.4) is 0 Å². The summed E-state index contributed by atoms with van der Waals surface area (Å²) in [6.07, 6.45) is 3.41. The molecule has 0 radical (unpaired) electrons. The highest BCUT2D eigenvalue weighted by Gasteiger charge is 2.33. The lowest BCUT2D eigenvalue weighted by molar-refractivity contribution is 0.450. The van der Waals surface area contributed by atoms with Crippen LogP contribution >= 0.6 is 11.6 Å². The van der Waals surface area contributed by atoms with Crippen LogP contribution in [0.1, 0.15) is 25.3 Å². The number of rotatable bonds is 4. The van der Waals surface area contributed by atoms with Crippen molar-refractivity contribution < 1.29 is 8.42 Å². The number of nitrogens with zero attached hydrogens (tertiary/aromatic N) is 2. The van der Waals surface area contributed by atoms with Crippen molar-refractivity contribution in [3.63, 3.8) is 0 Å². The highest BCUT2D eigenvalue weighted by Crippen LogP contribution is 2.26. The Morgan fingerprint density at radius 3 is 3.00 bits per heavy atom. The van der Waals surface area contributed by atoms with Gasteiger partial charge in [0.2, 0.25) is 0 Å². The molecule has 5 nitrogen and oxygen atoms in total. The van der Waals surface area contributed by atoms with Crippen LogP contribution in [0, 0.1) is 5.92 Å². The molecule has 0 spiro atoms. The summed E-state index contributed by atoms with van der Waals surface area (Å²) < 4.78 is 26.2. The first-order valence-electron chi connectivity index (χ1n) is 5.68. The molecule has 0 bridgehead atoms. The standard InChI is InChI=1S/C10H16ClN3O2S/c1-2-8-3-4-14(7-8)17(15,16)10-9(5-11)6-12-13-10/h6,8H,2-5,7H2,1H3,(H,12,13). The maximum Gasteiger partial charge on any atom is 0.260 e. The molecule has 1 aliphatic rings. The number of H-pyrrole nitrogens is 1. The van der Waals surface area contributed by atoms with Crippen molar-refractivity contribution in [2.45, 2.75) is 30.7 Å². The van der Waals surface area contributed by atoms with Crippen molar-refractivity contribution in [2.24, 2.45) is 5.92 Å². The van der Waals surface area contributed by atoms with E-state index in [4.69, 9.17) is 11.6 Å². The highest BCUT2D eigenvalue weighted by atomic mass is 35.5. The Morgan fingerprint density at radius 1 is 1.65 bits per heavy atom. The van der Waals surface area contributed by atoms with E-state index in [0.29, 0.717) is 24.6 Å². The number of aromatic amines is 1. The molecule has 1 unspecified atom stereocenters. The Labute approximate surface area is 106 Å². The fraction of sp³-hybridized carbons (Fsp3) is 0.700. The molecule has 7 heteroatoms. The minimum absolute atomic E-state index is 0.143. The lowest BCUT2D eigenvalue weighted by atomic mass is 10.1. The first-order chi connectivity index (χ1) is 8.09. The van der Waals surface area contributed by atoms with E-state index in [1.54, 1.807) is 0 Å². The van der Waals surface area contributed by atoms with Gasteiger partial charge in [0.15, 0.2) is 5.03 Å². The fourth-order valence-corrected chi connectivity index (χ4v) is 4.01. The maximum absolute atomic E-state index is 12.3. The van der Waals surface area contributed by atoms with E-state index in [0.717, 1.165) is 12.8 Å². The third-order valence-electron chi connectivity index (χ3n) is 3.25. The first-order valence-corrected chi connectivity index (χ1v) is 7.65. The molecule has 1 aliphatic heterocycles. The van der Waals surface area contributed by atoms with Crippen molar-refractivity contribution in [3.8, 4) is 0 Å². The first kappa shape index (κ1) is 12.9. The summed E-state index contributed by atoms with van der Waals surface area (Å²) in [5, 5.41) is 6.44. The third-order valence-corrected chi connectivity index (χ3v) is 5.41. The molecule has 0 aromatic carbocycles. The summed E-state index contributed by atoms with van der Waals surface area (Å²) in [6.45, 7) is 3.27.